The third-order valence-corrected chi connectivity index (χ3v) is 6.81. The summed E-state index contributed by atoms with van der Waals surface area (Å²) >= 11 is 0. The van der Waals surface area contributed by atoms with Gasteiger partial charge in [-0.3, -0.25) is 14.6 Å². The van der Waals surface area contributed by atoms with Crippen LogP contribution >= 0.6 is 0 Å². The van der Waals surface area contributed by atoms with E-state index in [0.717, 1.165) is 10.5 Å². The van der Waals surface area contributed by atoms with Gasteiger partial charge in [-0.1, -0.05) is 24.3 Å². The molecule has 3 heterocycles. The third kappa shape index (κ3) is 5.24. The number of benzene rings is 2. The molecule has 1 saturated heterocycles. The third-order valence-electron chi connectivity index (χ3n) is 6.81. The quantitative estimate of drug-likeness (QED) is 0.365. The number of halogens is 4. The molecule has 210 valence electrons. The Bertz CT molecular complexity index is 1430. The molecule has 2 aliphatic heterocycles. The van der Waals surface area contributed by atoms with Crippen molar-refractivity contribution in [3.63, 3.8) is 0 Å². The van der Waals surface area contributed by atoms with Crippen LogP contribution in [0.3, 0.4) is 0 Å². The van der Waals surface area contributed by atoms with Crippen molar-refractivity contribution < 1.29 is 41.1 Å². The van der Waals surface area contributed by atoms with Gasteiger partial charge in [-0.15, -0.1) is 0 Å². The van der Waals surface area contributed by atoms with Crippen molar-refractivity contribution in [2.45, 2.75) is 18.3 Å². The van der Waals surface area contributed by atoms with E-state index in [0.29, 0.717) is 23.4 Å². The Morgan fingerprint density at radius 2 is 1.88 bits per heavy atom. The van der Waals surface area contributed by atoms with Crippen molar-refractivity contribution in [2.75, 3.05) is 37.6 Å². The van der Waals surface area contributed by atoms with Crippen molar-refractivity contribution in [1.29, 1.82) is 0 Å². The van der Waals surface area contributed by atoms with Gasteiger partial charge in [0.2, 0.25) is 5.72 Å². The number of hydrogen-bond acceptors (Lipinski definition) is 6. The van der Waals surface area contributed by atoms with Crippen LogP contribution in [0.2, 0.25) is 0 Å². The monoisotopic (exact) mass is 560 g/mol. The molecule has 0 radical (unpaired) electrons. The molecule has 1 fully saturated rings. The van der Waals surface area contributed by atoms with Crippen LogP contribution in [0, 0.1) is 5.82 Å². The van der Waals surface area contributed by atoms with Crippen LogP contribution in [-0.2, 0) is 16.0 Å². The SMILES string of the molecule is O=C(NC[C@@]1(OC(=O)C(F)(F)F)CNCCN1C(=O)c1ccccc1-c1ccco1)N1CCc2ccc(F)cc21. The molecule has 0 spiro atoms. The molecule has 9 nitrogen and oxygen atoms in total. The van der Waals surface area contributed by atoms with Crippen LogP contribution in [0.1, 0.15) is 15.9 Å². The molecule has 0 bridgehead atoms. The Balaban J connectivity index is 1.47. The normalized spacial score (nSPS) is 18.8. The number of nitrogens with one attached hydrogen (secondary N) is 2. The topological polar surface area (TPSA) is 104 Å². The molecule has 1 atom stereocenters. The van der Waals surface area contributed by atoms with E-state index in [1.54, 1.807) is 36.4 Å². The maximum absolute atomic E-state index is 13.9. The Kier molecular flexibility index (Phi) is 7.23. The van der Waals surface area contributed by atoms with Gasteiger partial charge >= 0.3 is 18.2 Å². The largest absolute Gasteiger partial charge is 0.491 e. The van der Waals surface area contributed by atoms with E-state index < -0.39 is 48.7 Å². The predicted molar refractivity (Wildman–Crippen MR) is 134 cm³/mol. The molecule has 0 aliphatic carbocycles. The molecular formula is C27H24F4N4O5. The van der Waals surface area contributed by atoms with Crippen LogP contribution in [0.15, 0.2) is 65.3 Å². The summed E-state index contributed by atoms with van der Waals surface area (Å²) in [7, 11) is 0. The molecule has 2 N–H and O–H groups in total. The molecule has 1 aromatic heterocycles. The molecule has 13 heteroatoms. The number of rotatable bonds is 5. The average molecular weight is 561 g/mol. The second-order valence-electron chi connectivity index (χ2n) is 9.32. The summed E-state index contributed by atoms with van der Waals surface area (Å²) < 4.78 is 64.4. The second kappa shape index (κ2) is 10.6. The molecule has 0 unspecified atom stereocenters. The smallest absolute Gasteiger partial charge is 0.464 e. The Morgan fingerprint density at radius 3 is 2.62 bits per heavy atom. The number of ether oxygens (including phenoxy) is 1. The lowest BCUT2D eigenvalue weighted by Gasteiger charge is -2.46. The van der Waals surface area contributed by atoms with Gasteiger partial charge in [-0.05, 0) is 42.3 Å². The van der Waals surface area contributed by atoms with E-state index in [-0.39, 0.29) is 25.2 Å². The van der Waals surface area contributed by atoms with E-state index >= 15 is 0 Å². The fourth-order valence-electron chi connectivity index (χ4n) is 4.91. The number of amides is 3. The number of urea groups is 1. The number of hydrogen-bond donors (Lipinski definition) is 2. The summed E-state index contributed by atoms with van der Waals surface area (Å²) in [5.41, 5.74) is -0.714. The maximum atomic E-state index is 13.9. The van der Waals surface area contributed by atoms with Crippen LogP contribution in [0.5, 0.6) is 0 Å². The summed E-state index contributed by atoms with van der Waals surface area (Å²) in [6, 6.07) is 12.8. The van der Waals surface area contributed by atoms with E-state index in [1.165, 1.54) is 29.4 Å². The lowest BCUT2D eigenvalue weighted by atomic mass is 10.0. The van der Waals surface area contributed by atoms with Crippen molar-refractivity contribution in [1.82, 2.24) is 15.5 Å². The molecule has 2 aliphatic rings. The summed E-state index contributed by atoms with van der Waals surface area (Å²) in [4.78, 5) is 41.4. The maximum Gasteiger partial charge on any atom is 0.491 e. The first-order valence-corrected chi connectivity index (χ1v) is 12.4. The Hall–Kier alpha value is -4.39. The number of piperazine rings is 1. The zero-order valence-corrected chi connectivity index (χ0v) is 21.0. The predicted octanol–water partition coefficient (Wildman–Crippen LogP) is 3.71. The standard InChI is InChI=1S/C27H24F4N4O5/c28-18-8-7-17-9-11-34(21(17)14-18)25(38)33-16-26(40-24(37)27(29,30)31)15-32-10-12-35(26)23(36)20-5-2-1-4-19(20)22-6-3-13-39-22/h1-8,13-14,32H,9-12,15-16H2,(H,33,38)/t26-/m0/s1. The fraction of sp³-hybridized carbons (Fsp3) is 0.296. The summed E-state index contributed by atoms with van der Waals surface area (Å²) in [5.74, 6) is -3.45. The van der Waals surface area contributed by atoms with Gasteiger partial charge in [0.05, 0.1) is 30.6 Å². The van der Waals surface area contributed by atoms with Crippen LogP contribution in [-0.4, -0.2) is 67.4 Å². The number of carbonyl (C=O) groups is 3. The second-order valence-corrected chi connectivity index (χ2v) is 9.32. The first-order chi connectivity index (χ1) is 19.1. The first kappa shape index (κ1) is 27.2. The van der Waals surface area contributed by atoms with E-state index in [2.05, 4.69) is 10.6 Å². The summed E-state index contributed by atoms with van der Waals surface area (Å²) in [6.07, 6.45) is -3.50. The van der Waals surface area contributed by atoms with Crippen LogP contribution in [0.4, 0.5) is 28.0 Å². The zero-order chi connectivity index (χ0) is 28.5. The highest BCUT2D eigenvalue weighted by molar-refractivity contribution is 6.01. The number of anilines is 1. The first-order valence-electron chi connectivity index (χ1n) is 12.4. The number of esters is 1. The molecule has 40 heavy (non-hydrogen) atoms. The van der Waals surface area contributed by atoms with Crippen molar-refractivity contribution in [2.24, 2.45) is 0 Å². The molecule has 3 amide bonds. The highest BCUT2D eigenvalue weighted by atomic mass is 19.4. The van der Waals surface area contributed by atoms with Gasteiger partial charge in [0.1, 0.15) is 11.6 Å². The minimum absolute atomic E-state index is 0.0991. The number of fused-ring (bicyclic) bond motifs is 1. The number of nitrogens with zero attached hydrogens (tertiary/aromatic N) is 2. The Labute approximate surface area is 225 Å². The zero-order valence-electron chi connectivity index (χ0n) is 21.0. The van der Waals surface area contributed by atoms with Crippen LogP contribution < -0.4 is 15.5 Å². The van der Waals surface area contributed by atoms with Gasteiger partial charge in [0.25, 0.3) is 5.91 Å². The molecular weight excluding hydrogens is 536 g/mol. The van der Waals surface area contributed by atoms with Gasteiger partial charge in [-0.2, -0.15) is 13.2 Å². The number of carbonyl (C=O) groups excluding carboxylic acids is 3. The highest BCUT2D eigenvalue weighted by Crippen LogP contribution is 2.32. The van der Waals surface area contributed by atoms with Crippen molar-refractivity contribution in [3.05, 3.63) is 77.8 Å². The van der Waals surface area contributed by atoms with Gasteiger partial charge in [0, 0.05) is 25.2 Å². The lowest BCUT2D eigenvalue weighted by molar-refractivity contribution is -0.228. The molecule has 2 aromatic carbocycles. The van der Waals surface area contributed by atoms with E-state index in [1.807, 2.05) is 0 Å². The van der Waals surface area contributed by atoms with Gasteiger partial charge in [-0.25, -0.2) is 14.0 Å². The number of alkyl halides is 3. The van der Waals surface area contributed by atoms with Gasteiger partial charge in [0.15, 0.2) is 0 Å². The van der Waals surface area contributed by atoms with Crippen molar-refractivity contribution >= 4 is 23.6 Å². The highest BCUT2D eigenvalue weighted by Gasteiger charge is 2.52. The summed E-state index contributed by atoms with van der Waals surface area (Å²) in [5, 5.41) is 5.35. The van der Waals surface area contributed by atoms with Crippen LogP contribution in [0.25, 0.3) is 11.3 Å². The summed E-state index contributed by atoms with van der Waals surface area (Å²) in [6.45, 7) is -0.806. The number of furan rings is 1. The van der Waals surface area contributed by atoms with Gasteiger partial charge < -0.3 is 19.8 Å². The van der Waals surface area contributed by atoms with Crippen molar-refractivity contribution in [3.8, 4) is 11.3 Å². The lowest BCUT2D eigenvalue weighted by Crippen LogP contribution is -2.70. The molecule has 0 saturated carbocycles. The van der Waals surface area contributed by atoms with E-state index in [9.17, 15) is 31.9 Å². The minimum Gasteiger partial charge on any atom is -0.464 e. The fourth-order valence-corrected chi connectivity index (χ4v) is 4.91. The molecule has 5 rings (SSSR count). The van der Waals surface area contributed by atoms with E-state index in [4.69, 9.17) is 9.15 Å². The average Bonchev–Trinajstić information content (AvgIpc) is 3.61. The molecule has 3 aromatic rings. The Morgan fingerprint density at radius 1 is 1.07 bits per heavy atom. The minimum atomic E-state index is -5.36.